The van der Waals surface area contributed by atoms with Crippen LogP contribution in [0.3, 0.4) is 0 Å². The van der Waals surface area contributed by atoms with Crippen molar-refractivity contribution in [2.24, 2.45) is 0 Å². The molecule has 0 unspecified atom stereocenters. The lowest BCUT2D eigenvalue weighted by atomic mass is 10.0. The number of halogens is 1. The van der Waals surface area contributed by atoms with Crippen LogP contribution in [0.1, 0.15) is 48.1 Å². The van der Waals surface area contributed by atoms with Gasteiger partial charge < -0.3 is 10.2 Å². The van der Waals surface area contributed by atoms with Crippen molar-refractivity contribution in [2.75, 3.05) is 0 Å². The van der Waals surface area contributed by atoms with Crippen molar-refractivity contribution in [3.05, 3.63) is 106 Å². The van der Waals surface area contributed by atoms with Crippen LogP contribution in [0.15, 0.2) is 78.9 Å². The Labute approximate surface area is 195 Å². The fourth-order valence-electron chi connectivity index (χ4n) is 3.57. The first-order valence-corrected chi connectivity index (χ1v) is 11.3. The third kappa shape index (κ3) is 6.44. The molecule has 5 heteroatoms. The number of nitrogens with zero attached hydrogens (tertiary/aromatic N) is 1. The van der Waals surface area contributed by atoms with E-state index in [1.54, 1.807) is 17.0 Å². The molecule has 0 fully saturated rings. The van der Waals surface area contributed by atoms with Crippen LogP contribution in [0.5, 0.6) is 0 Å². The molecule has 0 saturated carbocycles. The van der Waals surface area contributed by atoms with Crippen molar-refractivity contribution < 1.29 is 9.59 Å². The van der Waals surface area contributed by atoms with Crippen molar-refractivity contribution in [3.63, 3.8) is 0 Å². The molecular weight excluding hydrogens is 420 g/mol. The van der Waals surface area contributed by atoms with Crippen molar-refractivity contribution >= 4 is 23.4 Å². The van der Waals surface area contributed by atoms with E-state index in [-0.39, 0.29) is 11.8 Å². The Hall–Kier alpha value is -3.11. The number of carbonyl (C=O) groups excluding carboxylic acids is 2. The zero-order valence-corrected chi connectivity index (χ0v) is 19.3. The molecule has 166 valence electrons. The van der Waals surface area contributed by atoms with Gasteiger partial charge in [-0.15, -0.1) is 0 Å². The first kappa shape index (κ1) is 23.6. The predicted octanol–water partition coefficient (Wildman–Crippen LogP) is 5.83. The van der Waals surface area contributed by atoms with Gasteiger partial charge in [0.2, 0.25) is 11.8 Å². The monoisotopic (exact) mass is 448 g/mol. The number of rotatable bonds is 9. The average Bonchev–Trinajstić information content (AvgIpc) is 2.80. The summed E-state index contributed by atoms with van der Waals surface area (Å²) in [5.74, 6) is -0.253. The number of nitrogens with one attached hydrogen (secondary N) is 1. The van der Waals surface area contributed by atoms with E-state index in [0.717, 1.165) is 16.7 Å². The van der Waals surface area contributed by atoms with Crippen LogP contribution in [0.4, 0.5) is 0 Å². The van der Waals surface area contributed by atoms with Gasteiger partial charge in [0, 0.05) is 24.5 Å². The van der Waals surface area contributed by atoms with Gasteiger partial charge in [-0.2, -0.15) is 0 Å². The van der Waals surface area contributed by atoms with Gasteiger partial charge in [0.15, 0.2) is 0 Å². The van der Waals surface area contributed by atoms with Gasteiger partial charge in [0.1, 0.15) is 6.04 Å². The van der Waals surface area contributed by atoms with Crippen molar-refractivity contribution in [1.82, 2.24) is 10.2 Å². The molecule has 4 nitrogen and oxygen atoms in total. The summed E-state index contributed by atoms with van der Waals surface area (Å²) in [6, 6.07) is 24.2. The van der Waals surface area contributed by atoms with Gasteiger partial charge in [-0.3, -0.25) is 9.59 Å². The van der Waals surface area contributed by atoms with Crippen molar-refractivity contribution in [1.29, 1.82) is 0 Å². The van der Waals surface area contributed by atoms with E-state index >= 15 is 0 Å². The lowest BCUT2D eigenvalue weighted by Crippen LogP contribution is -2.43. The van der Waals surface area contributed by atoms with E-state index in [1.165, 1.54) is 5.56 Å². The Balaban J connectivity index is 1.90. The van der Waals surface area contributed by atoms with Crippen molar-refractivity contribution in [3.8, 4) is 0 Å². The molecular formula is C27H29ClN2O2. The van der Waals surface area contributed by atoms with E-state index in [0.29, 0.717) is 31.0 Å². The highest BCUT2D eigenvalue weighted by Gasteiger charge is 2.31. The van der Waals surface area contributed by atoms with Gasteiger partial charge in [0.05, 0.1) is 0 Å². The Bertz CT molecular complexity index is 1020. The number of hydrogen-bond acceptors (Lipinski definition) is 2. The predicted molar refractivity (Wildman–Crippen MR) is 129 cm³/mol. The lowest BCUT2D eigenvalue weighted by Gasteiger charge is -2.31. The fraction of sp³-hybridized carbons (Fsp3) is 0.259. The first-order valence-electron chi connectivity index (χ1n) is 10.9. The summed E-state index contributed by atoms with van der Waals surface area (Å²) in [6.45, 7) is 4.72. The molecule has 0 aliphatic rings. The minimum Gasteiger partial charge on any atom is -0.350 e. The second-order valence-electron chi connectivity index (χ2n) is 7.91. The summed E-state index contributed by atoms with van der Waals surface area (Å²) < 4.78 is 0. The molecule has 3 aromatic rings. The molecule has 0 saturated heterocycles. The smallest absolute Gasteiger partial charge is 0.247 e. The summed E-state index contributed by atoms with van der Waals surface area (Å²) in [6.07, 6.45) is 1.09. The Kier molecular flexibility index (Phi) is 8.46. The lowest BCUT2D eigenvalue weighted by molar-refractivity contribution is -0.141. The molecule has 0 bridgehead atoms. The summed E-state index contributed by atoms with van der Waals surface area (Å²) in [5.41, 5.74) is 3.89. The average molecular weight is 449 g/mol. The minimum absolute atomic E-state index is 0.0539. The van der Waals surface area contributed by atoms with Crippen LogP contribution in [0.2, 0.25) is 5.02 Å². The first-order chi connectivity index (χ1) is 15.5. The number of carbonyl (C=O) groups is 2. The molecule has 1 N–H and O–H groups in total. The molecule has 1 atom stereocenters. The highest BCUT2D eigenvalue weighted by Crippen LogP contribution is 2.25. The normalized spacial score (nSPS) is 11.6. The number of hydrogen-bond donors (Lipinski definition) is 1. The van der Waals surface area contributed by atoms with E-state index in [9.17, 15) is 9.59 Å². The molecule has 0 aliphatic heterocycles. The van der Waals surface area contributed by atoms with Gasteiger partial charge in [0.25, 0.3) is 0 Å². The molecule has 0 aromatic heterocycles. The highest BCUT2D eigenvalue weighted by atomic mass is 35.5. The molecule has 32 heavy (non-hydrogen) atoms. The van der Waals surface area contributed by atoms with Crippen LogP contribution in [-0.4, -0.2) is 16.7 Å². The molecule has 3 aromatic carbocycles. The van der Waals surface area contributed by atoms with E-state index < -0.39 is 6.04 Å². The van der Waals surface area contributed by atoms with E-state index in [2.05, 4.69) is 5.32 Å². The number of aryl methyl sites for hydroxylation is 1. The SMILES string of the molecule is CCCC(=O)N(Cc1ccc(Cl)cc1)[C@@H](C(=O)NCc1ccc(C)cc1)c1ccccc1. The maximum absolute atomic E-state index is 13.5. The van der Waals surface area contributed by atoms with Crippen LogP contribution in [0.25, 0.3) is 0 Å². The fourth-order valence-corrected chi connectivity index (χ4v) is 3.69. The number of amides is 2. The second-order valence-corrected chi connectivity index (χ2v) is 8.35. The van der Waals surface area contributed by atoms with E-state index in [4.69, 9.17) is 11.6 Å². The minimum atomic E-state index is -0.726. The Morgan fingerprint density at radius 1 is 0.906 bits per heavy atom. The zero-order chi connectivity index (χ0) is 22.9. The largest absolute Gasteiger partial charge is 0.350 e. The van der Waals surface area contributed by atoms with Crippen molar-refractivity contribution in [2.45, 2.75) is 45.8 Å². The topological polar surface area (TPSA) is 49.4 Å². The number of benzene rings is 3. The highest BCUT2D eigenvalue weighted by molar-refractivity contribution is 6.30. The zero-order valence-electron chi connectivity index (χ0n) is 18.6. The molecule has 0 radical (unpaired) electrons. The van der Waals surface area contributed by atoms with Gasteiger partial charge in [-0.25, -0.2) is 0 Å². The van der Waals surface area contributed by atoms with E-state index in [1.807, 2.05) is 80.6 Å². The van der Waals surface area contributed by atoms with Crippen LogP contribution in [-0.2, 0) is 22.7 Å². The molecule has 0 spiro atoms. The van der Waals surface area contributed by atoms with Gasteiger partial charge >= 0.3 is 0 Å². The van der Waals surface area contributed by atoms with Crippen LogP contribution in [0, 0.1) is 6.92 Å². The molecule has 0 heterocycles. The molecule has 0 aliphatic carbocycles. The summed E-state index contributed by atoms with van der Waals surface area (Å²) in [5, 5.41) is 3.67. The third-order valence-corrected chi connectivity index (χ3v) is 5.57. The third-order valence-electron chi connectivity index (χ3n) is 5.31. The summed E-state index contributed by atoms with van der Waals surface area (Å²) >= 11 is 6.03. The standard InChI is InChI=1S/C27H29ClN2O2/c1-3-7-25(31)30(19-22-14-16-24(28)17-15-22)26(23-8-5-4-6-9-23)27(32)29-18-21-12-10-20(2)11-13-21/h4-6,8-17,26H,3,7,18-19H2,1-2H3,(H,29,32)/t26-/m1/s1. The van der Waals surface area contributed by atoms with Gasteiger partial charge in [-0.1, -0.05) is 90.8 Å². The quantitative estimate of drug-likeness (QED) is 0.447. The molecule has 2 amide bonds. The van der Waals surface area contributed by atoms with Gasteiger partial charge in [-0.05, 0) is 42.2 Å². The maximum Gasteiger partial charge on any atom is 0.247 e. The molecule has 3 rings (SSSR count). The summed E-state index contributed by atoms with van der Waals surface area (Å²) in [7, 11) is 0. The van der Waals surface area contributed by atoms with Crippen LogP contribution < -0.4 is 5.32 Å². The van der Waals surface area contributed by atoms with Crippen LogP contribution >= 0.6 is 11.6 Å². The maximum atomic E-state index is 13.5. The Morgan fingerprint density at radius 3 is 2.16 bits per heavy atom. The second kappa shape index (κ2) is 11.5. The Morgan fingerprint density at radius 2 is 1.53 bits per heavy atom. The summed E-state index contributed by atoms with van der Waals surface area (Å²) in [4.78, 5) is 28.3.